The number of esters is 1. The first-order valence-electron chi connectivity index (χ1n) is 7.80. The maximum atomic E-state index is 12.1. The normalized spacial score (nSPS) is 21.8. The molecule has 1 saturated heterocycles. The average Bonchev–Trinajstić information content (AvgIpc) is 2.93. The van der Waals surface area contributed by atoms with Gasteiger partial charge < -0.3 is 14.9 Å². The summed E-state index contributed by atoms with van der Waals surface area (Å²) in [6.07, 6.45) is -1.41. The van der Waals surface area contributed by atoms with Crippen molar-refractivity contribution in [1.29, 1.82) is 0 Å². The van der Waals surface area contributed by atoms with Gasteiger partial charge in [0.05, 0.1) is 16.9 Å². The molecular weight excluding hydrogens is 348 g/mol. The number of Topliss-reactive ketones (excluding diaryl/α,β-unsaturated/α-hetero) is 1. The lowest BCUT2D eigenvalue weighted by Crippen LogP contribution is -2.46. The largest absolute Gasteiger partial charge is 0.481 e. The van der Waals surface area contributed by atoms with Gasteiger partial charge in [0.25, 0.3) is 5.69 Å². The van der Waals surface area contributed by atoms with E-state index in [2.05, 4.69) is 5.32 Å². The number of non-ortho nitro benzene ring substituents is 1. The molecule has 10 nitrogen and oxygen atoms in total. The minimum atomic E-state index is -1.31. The molecule has 0 aliphatic carbocycles. The van der Waals surface area contributed by atoms with Gasteiger partial charge in [-0.25, -0.2) is 4.79 Å². The Morgan fingerprint density at radius 3 is 2.50 bits per heavy atom. The standard InChI is InChI=1S/C16H18N2O8/c1-8(19)13(15(21)22)11-6-12(20)14(17-11)16(23)26-7-9-2-4-10(5-3-9)18(24)25/h2-5,8,11,13-14,17,19H,6-7H2,1H3,(H,21,22)/t8-,11-,13-,14?/m1/s1. The molecule has 140 valence electrons. The van der Waals surface area contributed by atoms with Crippen molar-refractivity contribution in [3.8, 4) is 0 Å². The number of hydrogen-bond donors (Lipinski definition) is 3. The second-order valence-electron chi connectivity index (χ2n) is 6.01. The van der Waals surface area contributed by atoms with Gasteiger partial charge in [-0.05, 0) is 24.6 Å². The fraction of sp³-hybridized carbons (Fsp3) is 0.438. The zero-order valence-electron chi connectivity index (χ0n) is 13.8. The highest BCUT2D eigenvalue weighted by atomic mass is 16.6. The molecule has 4 atom stereocenters. The highest BCUT2D eigenvalue weighted by Gasteiger charge is 2.44. The van der Waals surface area contributed by atoms with Crippen molar-refractivity contribution in [2.45, 2.75) is 38.1 Å². The van der Waals surface area contributed by atoms with Crippen LogP contribution in [0.25, 0.3) is 0 Å². The number of carbonyl (C=O) groups is 3. The molecule has 0 bridgehead atoms. The zero-order chi connectivity index (χ0) is 19.4. The molecule has 0 aromatic heterocycles. The van der Waals surface area contributed by atoms with Gasteiger partial charge in [0.1, 0.15) is 6.61 Å². The van der Waals surface area contributed by atoms with Crippen LogP contribution in [-0.2, 0) is 25.7 Å². The van der Waals surface area contributed by atoms with E-state index in [-0.39, 0.29) is 18.7 Å². The van der Waals surface area contributed by atoms with E-state index in [9.17, 15) is 29.6 Å². The maximum Gasteiger partial charge on any atom is 0.331 e. The fourth-order valence-electron chi connectivity index (χ4n) is 2.80. The first-order valence-corrected chi connectivity index (χ1v) is 7.80. The Bertz CT molecular complexity index is 715. The maximum absolute atomic E-state index is 12.1. The van der Waals surface area contributed by atoms with Crippen molar-refractivity contribution in [3.05, 3.63) is 39.9 Å². The average molecular weight is 366 g/mol. The number of benzene rings is 1. The van der Waals surface area contributed by atoms with E-state index in [1.807, 2.05) is 0 Å². The minimum absolute atomic E-state index is 0.103. The number of carboxylic acids is 1. The second kappa shape index (κ2) is 8.02. The number of aliphatic hydroxyl groups excluding tert-OH is 1. The zero-order valence-corrected chi connectivity index (χ0v) is 13.8. The van der Waals surface area contributed by atoms with Crippen LogP contribution in [0.4, 0.5) is 5.69 Å². The number of ketones is 1. The number of nitrogens with one attached hydrogen (secondary N) is 1. The molecule has 0 radical (unpaired) electrons. The molecule has 10 heteroatoms. The lowest BCUT2D eigenvalue weighted by atomic mass is 9.93. The van der Waals surface area contributed by atoms with E-state index >= 15 is 0 Å². The van der Waals surface area contributed by atoms with Crippen LogP contribution in [0.2, 0.25) is 0 Å². The Balaban J connectivity index is 1.96. The molecule has 26 heavy (non-hydrogen) atoms. The smallest absolute Gasteiger partial charge is 0.331 e. The molecule has 1 aliphatic rings. The Morgan fingerprint density at radius 1 is 1.38 bits per heavy atom. The summed E-state index contributed by atoms with van der Waals surface area (Å²) >= 11 is 0. The number of nitro benzene ring substituents is 1. The number of rotatable bonds is 7. The molecule has 2 rings (SSSR count). The summed E-state index contributed by atoms with van der Waals surface area (Å²) in [5.41, 5.74) is 0.395. The van der Waals surface area contributed by atoms with E-state index in [0.717, 1.165) is 0 Å². The van der Waals surface area contributed by atoms with E-state index in [1.54, 1.807) is 0 Å². The van der Waals surface area contributed by atoms with Crippen molar-refractivity contribution in [2.24, 2.45) is 5.92 Å². The van der Waals surface area contributed by atoms with Gasteiger partial charge in [0.15, 0.2) is 11.8 Å². The van der Waals surface area contributed by atoms with E-state index in [0.29, 0.717) is 5.56 Å². The first-order chi connectivity index (χ1) is 12.2. The van der Waals surface area contributed by atoms with Crippen LogP contribution in [0.5, 0.6) is 0 Å². The third-order valence-electron chi connectivity index (χ3n) is 4.13. The van der Waals surface area contributed by atoms with Crippen LogP contribution in [0.3, 0.4) is 0 Å². The fourth-order valence-corrected chi connectivity index (χ4v) is 2.80. The molecule has 0 saturated carbocycles. The number of ether oxygens (including phenoxy) is 1. The summed E-state index contributed by atoms with van der Waals surface area (Å²) in [5.74, 6) is -3.89. The predicted octanol–water partition coefficient (Wildman–Crippen LogP) is 0.0192. The topological polar surface area (TPSA) is 156 Å². The highest BCUT2D eigenvalue weighted by molar-refractivity contribution is 6.05. The van der Waals surface area contributed by atoms with Crippen LogP contribution in [0.15, 0.2) is 24.3 Å². The lowest BCUT2D eigenvalue weighted by molar-refractivity contribution is -0.384. The van der Waals surface area contributed by atoms with Gasteiger partial charge in [-0.15, -0.1) is 0 Å². The first kappa shape index (κ1) is 19.5. The summed E-state index contributed by atoms with van der Waals surface area (Å²) in [6, 6.07) is 3.18. The van der Waals surface area contributed by atoms with Crippen molar-refractivity contribution in [3.63, 3.8) is 0 Å². The van der Waals surface area contributed by atoms with Gasteiger partial charge in [-0.1, -0.05) is 0 Å². The SMILES string of the molecule is C[C@@H](O)[C@@H](C(=O)O)[C@H]1CC(=O)C(C(=O)OCc2ccc([N+](=O)[O-])cc2)N1. The monoisotopic (exact) mass is 366 g/mol. The molecule has 3 N–H and O–H groups in total. The third-order valence-corrected chi connectivity index (χ3v) is 4.13. The molecule has 1 aromatic carbocycles. The van der Waals surface area contributed by atoms with Gasteiger partial charge in [0.2, 0.25) is 0 Å². The summed E-state index contributed by atoms with van der Waals surface area (Å²) < 4.78 is 5.03. The Kier molecular flexibility index (Phi) is 6.01. The molecule has 0 spiro atoms. The molecule has 1 heterocycles. The summed E-state index contributed by atoms with van der Waals surface area (Å²) in [6.45, 7) is 1.11. The quantitative estimate of drug-likeness (QED) is 0.262. The van der Waals surface area contributed by atoms with Crippen molar-refractivity contribution in [1.82, 2.24) is 5.32 Å². The molecule has 1 aromatic rings. The molecule has 1 unspecified atom stereocenters. The van der Waals surface area contributed by atoms with E-state index in [1.165, 1.54) is 31.2 Å². The Morgan fingerprint density at radius 2 is 2.00 bits per heavy atom. The minimum Gasteiger partial charge on any atom is -0.481 e. The van der Waals surface area contributed by atoms with Crippen molar-refractivity contribution in [2.75, 3.05) is 0 Å². The van der Waals surface area contributed by atoms with Crippen LogP contribution < -0.4 is 5.32 Å². The number of hydrogen-bond acceptors (Lipinski definition) is 8. The molecular formula is C16H18N2O8. The number of nitrogens with zero attached hydrogens (tertiary/aromatic N) is 1. The summed E-state index contributed by atoms with van der Waals surface area (Å²) in [7, 11) is 0. The molecule has 1 aliphatic heterocycles. The van der Waals surface area contributed by atoms with Crippen LogP contribution >= 0.6 is 0 Å². The van der Waals surface area contributed by atoms with Crippen LogP contribution in [0, 0.1) is 16.0 Å². The number of carbonyl (C=O) groups excluding carboxylic acids is 2. The van der Waals surface area contributed by atoms with Gasteiger partial charge in [-0.2, -0.15) is 0 Å². The number of aliphatic hydroxyl groups is 1. The number of nitro groups is 1. The predicted molar refractivity (Wildman–Crippen MR) is 86.0 cm³/mol. The van der Waals surface area contributed by atoms with Gasteiger partial charge >= 0.3 is 11.9 Å². The van der Waals surface area contributed by atoms with Gasteiger partial charge in [0, 0.05) is 24.6 Å². The number of aliphatic carboxylic acids is 1. The Labute approximate surface area is 147 Å². The van der Waals surface area contributed by atoms with Crippen molar-refractivity contribution >= 4 is 23.4 Å². The highest BCUT2D eigenvalue weighted by Crippen LogP contribution is 2.21. The lowest BCUT2D eigenvalue weighted by Gasteiger charge is -2.22. The Hall–Kier alpha value is -2.85. The van der Waals surface area contributed by atoms with Gasteiger partial charge in [-0.3, -0.25) is 25.0 Å². The second-order valence-corrected chi connectivity index (χ2v) is 6.01. The van der Waals surface area contributed by atoms with E-state index < -0.39 is 46.8 Å². The summed E-state index contributed by atoms with van der Waals surface area (Å²) in [4.78, 5) is 45.3. The summed E-state index contributed by atoms with van der Waals surface area (Å²) in [5, 5.41) is 31.9. The van der Waals surface area contributed by atoms with Crippen LogP contribution in [-0.4, -0.2) is 51.0 Å². The number of carboxylic acid groups (broad SMARTS) is 1. The third kappa shape index (κ3) is 4.41. The van der Waals surface area contributed by atoms with E-state index in [4.69, 9.17) is 9.84 Å². The van der Waals surface area contributed by atoms with Crippen LogP contribution in [0.1, 0.15) is 18.9 Å². The molecule has 0 amide bonds. The van der Waals surface area contributed by atoms with Crippen molar-refractivity contribution < 1.29 is 34.3 Å². The molecule has 1 fully saturated rings.